The number of anilines is 1. The predicted molar refractivity (Wildman–Crippen MR) is 100 cm³/mol. The summed E-state index contributed by atoms with van der Waals surface area (Å²) in [5.74, 6) is -0.342. The summed E-state index contributed by atoms with van der Waals surface area (Å²) >= 11 is 0. The van der Waals surface area contributed by atoms with E-state index in [0.717, 1.165) is 27.9 Å². The minimum absolute atomic E-state index is 0.0530. The van der Waals surface area contributed by atoms with Crippen LogP contribution in [0.25, 0.3) is 11.3 Å². The Morgan fingerprint density at radius 1 is 1.08 bits per heavy atom. The number of carbonyl (C=O) groups is 2. The molecule has 0 bridgehead atoms. The third-order valence-corrected chi connectivity index (χ3v) is 4.97. The molecule has 1 aromatic heterocycles. The molecule has 1 unspecified atom stereocenters. The van der Waals surface area contributed by atoms with Gasteiger partial charge in [-0.05, 0) is 36.6 Å². The number of rotatable bonds is 3. The smallest absolute Gasteiger partial charge is 0.226 e. The molecule has 130 valence electrons. The van der Waals surface area contributed by atoms with E-state index in [1.165, 1.54) is 0 Å². The third kappa shape index (κ3) is 2.71. The summed E-state index contributed by atoms with van der Waals surface area (Å²) in [5, 5.41) is 10.00. The van der Waals surface area contributed by atoms with Gasteiger partial charge in [0.25, 0.3) is 0 Å². The summed E-state index contributed by atoms with van der Waals surface area (Å²) in [6, 6.07) is 15.4. The Morgan fingerprint density at radius 3 is 2.58 bits per heavy atom. The summed E-state index contributed by atoms with van der Waals surface area (Å²) in [4.78, 5) is 25.4. The molecule has 0 saturated heterocycles. The number of aromatic amines is 1. The van der Waals surface area contributed by atoms with Crippen LogP contribution in [0.3, 0.4) is 0 Å². The second-order valence-corrected chi connectivity index (χ2v) is 6.70. The molecular weight excluding hydrogens is 326 g/mol. The molecule has 0 saturated carbocycles. The fourth-order valence-corrected chi connectivity index (χ4v) is 3.40. The Morgan fingerprint density at radius 2 is 1.85 bits per heavy atom. The van der Waals surface area contributed by atoms with Crippen molar-refractivity contribution in [3.05, 3.63) is 70.8 Å². The number of ketones is 1. The summed E-state index contributed by atoms with van der Waals surface area (Å²) in [5.41, 5.74) is 5.31. The van der Waals surface area contributed by atoms with E-state index in [1.54, 1.807) is 0 Å². The van der Waals surface area contributed by atoms with Gasteiger partial charge < -0.3 is 5.32 Å². The number of nitrogens with zero attached hydrogens (tertiary/aromatic N) is 1. The summed E-state index contributed by atoms with van der Waals surface area (Å²) in [6.45, 7) is 4.00. The second-order valence-electron chi connectivity index (χ2n) is 6.70. The van der Waals surface area contributed by atoms with Crippen LogP contribution in [0.1, 0.15) is 39.4 Å². The van der Waals surface area contributed by atoms with Crippen molar-refractivity contribution in [2.45, 2.75) is 26.2 Å². The number of H-pyrrole nitrogens is 1. The molecule has 2 aromatic carbocycles. The van der Waals surface area contributed by atoms with E-state index in [1.807, 2.05) is 62.4 Å². The molecule has 1 aliphatic heterocycles. The number of nitrogens with one attached hydrogen (secondary N) is 2. The van der Waals surface area contributed by atoms with Crippen LogP contribution in [0.5, 0.6) is 0 Å². The van der Waals surface area contributed by atoms with Gasteiger partial charge in [0.15, 0.2) is 11.6 Å². The van der Waals surface area contributed by atoms with Gasteiger partial charge in [-0.3, -0.25) is 14.7 Å². The van der Waals surface area contributed by atoms with Crippen molar-refractivity contribution in [3.63, 3.8) is 0 Å². The Balaban J connectivity index is 1.81. The number of fused-ring (bicyclic) bond motifs is 1. The molecule has 26 heavy (non-hydrogen) atoms. The van der Waals surface area contributed by atoms with Crippen molar-refractivity contribution in [1.82, 2.24) is 10.2 Å². The highest BCUT2D eigenvalue weighted by Crippen LogP contribution is 2.39. The largest absolute Gasteiger partial charge is 0.309 e. The van der Waals surface area contributed by atoms with E-state index in [-0.39, 0.29) is 18.1 Å². The van der Waals surface area contributed by atoms with Gasteiger partial charge in [0.05, 0.1) is 11.6 Å². The first-order valence-corrected chi connectivity index (χ1v) is 8.59. The Hall–Kier alpha value is -3.21. The first-order valence-electron chi connectivity index (χ1n) is 8.59. The van der Waals surface area contributed by atoms with E-state index in [4.69, 9.17) is 0 Å². The van der Waals surface area contributed by atoms with Gasteiger partial charge in [0.1, 0.15) is 0 Å². The highest BCUT2D eigenvalue weighted by atomic mass is 16.2. The average molecular weight is 345 g/mol. The summed E-state index contributed by atoms with van der Waals surface area (Å²) < 4.78 is 0. The fourth-order valence-electron chi connectivity index (χ4n) is 3.40. The second kappa shape index (κ2) is 6.26. The number of aromatic nitrogens is 2. The van der Waals surface area contributed by atoms with Crippen LogP contribution in [0, 0.1) is 13.8 Å². The van der Waals surface area contributed by atoms with Crippen LogP contribution >= 0.6 is 0 Å². The van der Waals surface area contributed by atoms with Gasteiger partial charge in [-0.15, -0.1) is 0 Å². The number of aryl methyl sites for hydroxylation is 2. The summed E-state index contributed by atoms with van der Waals surface area (Å²) in [6.07, 6.45) is 0.123. The number of benzene rings is 2. The normalized spacial score (nSPS) is 16.1. The first-order chi connectivity index (χ1) is 12.5. The number of Topliss-reactive ketones (excluding diaryl/α,β-unsaturated/α-hetero) is 1. The Kier molecular flexibility index (Phi) is 3.92. The zero-order chi connectivity index (χ0) is 18.3. The molecule has 1 aliphatic rings. The molecular formula is C21H19N3O2. The SMILES string of the molecule is Cc1ccc(C(=O)C2CC(=O)Nc3n[nH]c(-c4ccccc4)c32)cc1C. The van der Waals surface area contributed by atoms with Crippen molar-refractivity contribution < 1.29 is 9.59 Å². The molecule has 0 radical (unpaired) electrons. The van der Waals surface area contributed by atoms with Crippen LogP contribution in [-0.4, -0.2) is 21.9 Å². The Bertz CT molecular complexity index is 1010. The lowest BCUT2D eigenvalue weighted by Gasteiger charge is -2.22. The van der Waals surface area contributed by atoms with Crippen molar-refractivity contribution in [2.75, 3.05) is 5.32 Å². The lowest BCUT2D eigenvalue weighted by Crippen LogP contribution is -2.27. The molecule has 0 aliphatic carbocycles. The average Bonchev–Trinajstić information content (AvgIpc) is 3.07. The molecule has 2 N–H and O–H groups in total. The van der Waals surface area contributed by atoms with Gasteiger partial charge in [0.2, 0.25) is 5.91 Å². The van der Waals surface area contributed by atoms with E-state index < -0.39 is 5.92 Å². The zero-order valence-electron chi connectivity index (χ0n) is 14.7. The Labute approximate surface area is 151 Å². The highest BCUT2D eigenvalue weighted by molar-refractivity contribution is 6.08. The van der Waals surface area contributed by atoms with Crippen LogP contribution in [0.4, 0.5) is 5.82 Å². The fraction of sp³-hybridized carbons (Fsp3) is 0.190. The number of carbonyl (C=O) groups excluding carboxylic acids is 2. The summed E-state index contributed by atoms with van der Waals surface area (Å²) in [7, 11) is 0. The molecule has 0 fully saturated rings. The molecule has 0 spiro atoms. The van der Waals surface area contributed by atoms with Gasteiger partial charge in [0, 0.05) is 17.5 Å². The molecule has 5 heteroatoms. The third-order valence-electron chi connectivity index (χ3n) is 4.97. The van der Waals surface area contributed by atoms with Gasteiger partial charge in [-0.1, -0.05) is 42.5 Å². The molecule has 1 amide bonds. The molecule has 3 aromatic rings. The van der Waals surface area contributed by atoms with Crippen molar-refractivity contribution in [2.24, 2.45) is 0 Å². The minimum Gasteiger partial charge on any atom is -0.309 e. The standard InChI is InChI=1S/C21H19N3O2/c1-12-8-9-15(10-13(12)2)20(26)16-11-17(25)22-21-18(16)19(23-24-21)14-6-4-3-5-7-14/h3-10,16H,11H2,1-2H3,(H2,22,23,24,25). The molecule has 4 rings (SSSR count). The molecule has 1 atom stereocenters. The van der Waals surface area contributed by atoms with E-state index in [9.17, 15) is 9.59 Å². The molecule has 2 heterocycles. The minimum atomic E-state index is -0.546. The predicted octanol–water partition coefficient (Wildman–Crippen LogP) is 4.00. The van der Waals surface area contributed by atoms with Gasteiger partial charge in [-0.2, -0.15) is 5.10 Å². The van der Waals surface area contributed by atoms with E-state index in [0.29, 0.717) is 11.4 Å². The number of hydrogen-bond acceptors (Lipinski definition) is 3. The topological polar surface area (TPSA) is 74.8 Å². The number of amides is 1. The maximum absolute atomic E-state index is 13.2. The lowest BCUT2D eigenvalue weighted by atomic mass is 9.83. The van der Waals surface area contributed by atoms with Gasteiger partial charge in [-0.25, -0.2) is 0 Å². The van der Waals surface area contributed by atoms with E-state index in [2.05, 4.69) is 15.5 Å². The quantitative estimate of drug-likeness (QED) is 0.705. The highest BCUT2D eigenvalue weighted by Gasteiger charge is 2.35. The number of hydrogen-bond donors (Lipinski definition) is 2. The zero-order valence-corrected chi connectivity index (χ0v) is 14.7. The van der Waals surface area contributed by atoms with Crippen LogP contribution < -0.4 is 5.32 Å². The monoisotopic (exact) mass is 345 g/mol. The van der Waals surface area contributed by atoms with Crippen molar-refractivity contribution in [1.29, 1.82) is 0 Å². The first kappa shape index (κ1) is 16.3. The van der Waals surface area contributed by atoms with Gasteiger partial charge >= 0.3 is 0 Å². The van der Waals surface area contributed by atoms with Crippen LogP contribution in [0.2, 0.25) is 0 Å². The molecule has 5 nitrogen and oxygen atoms in total. The maximum Gasteiger partial charge on any atom is 0.226 e. The van der Waals surface area contributed by atoms with E-state index >= 15 is 0 Å². The lowest BCUT2D eigenvalue weighted by molar-refractivity contribution is -0.116. The van der Waals surface area contributed by atoms with Crippen LogP contribution in [0.15, 0.2) is 48.5 Å². The van der Waals surface area contributed by atoms with Crippen LogP contribution in [-0.2, 0) is 4.79 Å². The van der Waals surface area contributed by atoms with Crippen molar-refractivity contribution in [3.8, 4) is 11.3 Å². The maximum atomic E-state index is 13.2. The van der Waals surface area contributed by atoms with Crippen molar-refractivity contribution >= 4 is 17.5 Å².